The van der Waals surface area contributed by atoms with Gasteiger partial charge in [0.1, 0.15) is 12.6 Å². The van der Waals surface area contributed by atoms with Crippen LogP contribution in [0.1, 0.15) is 5.69 Å². The van der Waals surface area contributed by atoms with Gasteiger partial charge in [-0.15, -0.1) is 4.68 Å². The molecular weight excluding hydrogens is 128 g/mol. The Labute approximate surface area is 59.5 Å². The molecule has 0 spiro atoms. The molecule has 3 heteroatoms. The third-order valence-corrected chi connectivity index (χ3v) is 1.99. The maximum Gasteiger partial charge on any atom is 0.199 e. The summed E-state index contributed by atoms with van der Waals surface area (Å²) in [5.74, 6) is 0. The lowest BCUT2D eigenvalue weighted by molar-refractivity contribution is -0.760. The van der Waals surface area contributed by atoms with Crippen LogP contribution in [0.2, 0.25) is 0 Å². The third-order valence-electron chi connectivity index (χ3n) is 1.99. The predicted molar refractivity (Wildman–Crippen MR) is 35.4 cm³/mol. The molecule has 0 saturated carbocycles. The largest absolute Gasteiger partial charge is 0.384 e. The molecule has 0 unspecified atom stereocenters. The summed E-state index contributed by atoms with van der Waals surface area (Å²) in [7, 11) is 0. The topological polar surface area (TPSA) is 29.0 Å². The molecule has 1 aromatic heterocycles. The minimum atomic E-state index is -0.181. The normalized spacial score (nSPS) is 23.2. The Hall–Kier alpha value is -0.830. The van der Waals surface area contributed by atoms with Crippen molar-refractivity contribution in [2.24, 2.45) is 0 Å². The Bertz CT molecular complexity index is 254. The summed E-state index contributed by atoms with van der Waals surface area (Å²) in [6.07, 6.45) is 1.82. The van der Waals surface area contributed by atoms with Crippen LogP contribution >= 0.6 is 0 Å². The van der Waals surface area contributed by atoms with Crippen molar-refractivity contribution in [2.75, 3.05) is 0 Å². The zero-order valence-electron chi connectivity index (χ0n) is 5.99. The summed E-state index contributed by atoms with van der Waals surface area (Å²) in [6.45, 7) is 3.54. The molecule has 1 N–H and O–H groups in total. The SMILES string of the molecule is Cc1cc[n+]2n1C[C@@H](O)C2. The molecule has 0 saturated heterocycles. The molecule has 3 nitrogen and oxygen atoms in total. The van der Waals surface area contributed by atoms with E-state index in [0.717, 1.165) is 13.1 Å². The molecule has 1 atom stereocenters. The lowest BCUT2D eigenvalue weighted by Crippen LogP contribution is -2.37. The minimum absolute atomic E-state index is 0.181. The van der Waals surface area contributed by atoms with E-state index in [0.29, 0.717) is 0 Å². The van der Waals surface area contributed by atoms with Crippen molar-refractivity contribution in [1.29, 1.82) is 0 Å². The van der Waals surface area contributed by atoms with Crippen molar-refractivity contribution < 1.29 is 9.79 Å². The molecule has 0 bridgehead atoms. The number of nitrogens with zero attached hydrogens (tertiary/aromatic N) is 2. The van der Waals surface area contributed by atoms with Crippen LogP contribution in [-0.4, -0.2) is 15.9 Å². The Kier molecular flexibility index (Phi) is 1.08. The molecule has 2 heterocycles. The van der Waals surface area contributed by atoms with Crippen molar-refractivity contribution >= 4 is 0 Å². The highest BCUT2D eigenvalue weighted by atomic mass is 16.3. The van der Waals surface area contributed by atoms with Crippen LogP contribution in [0.5, 0.6) is 0 Å². The van der Waals surface area contributed by atoms with Gasteiger partial charge in [0.2, 0.25) is 0 Å². The number of aryl methyl sites for hydroxylation is 1. The molecule has 0 aromatic carbocycles. The lowest BCUT2D eigenvalue weighted by Gasteiger charge is -1.91. The molecule has 10 heavy (non-hydrogen) atoms. The lowest BCUT2D eigenvalue weighted by atomic mass is 10.3. The number of rotatable bonds is 0. The van der Waals surface area contributed by atoms with Crippen LogP contribution in [0.3, 0.4) is 0 Å². The fourth-order valence-electron chi connectivity index (χ4n) is 1.44. The zero-order valence-corrected chi connectivity index (χ0v) is 5.99. The Balaban J connectivity index is 2.44. The second kappa shape index (κ2) is 1.83. The second-order valence-corrected chi connectivity index (χ2v) is 2.82. The first-order valence-electron chi connectivity index (χ1n) is 3.51. The fourth-order valence-corrected chi connectivity index (χ4v) is 1.44. The zero-order chi connectivity index (χ0) is 7.14. The number of aromatic nitrogens is 2. The molecule has 0 aliphatic carbocycles. The number of fused-ring (bicyclic) bond motifs is 1. The third kappa shape index (κ3) is 0.671. The van der Waals surface area contributed by atoms with Gasteiger partial charge in [0.25, 0.3) is 0 Å². The van der Waals surface area contributed by atoms with Gasteiger partial charge in [-0.05, 0) is 6.92 Å². The molecular formula is C7H11N2O+. The van der Waals surface area contributed by atoms with E-state index in [9.17, 15) is 5.11 Å². The van der Waals surface area contributed by atoms with Gasteiger partial charge >= 0.3 is 0 Å². The van der Waals surface area contributed by atoms with E-state index in [4.69, 9.17) is 0 Å². The molecule has 0 fully saturated rings. The first-order valence-corrected chi connectivity index (χ1v) is 3.51. The van der Waals surface area contributed by atoms with Crippen molar-refractivity contribution in [3.8, 4) is 0 Å². The van der Waals surface area contributed by atoms with Crippen LogP contribution < -0.4 is 4.68 Å². The predicted octanol–water partition coefficient (Wildman–Crippen LogP) is -0.541. The van der Waals surface area contributed by atoms with E-state index in [1.54, 1.807) is 0 Å². The van der Waals surface area contributed by atoms with Crippen molar-refractivity contribution in [3.05, 3.63) is 18.0 Å². The number of aliphatic hydroxyl groups excluding tert-OH is 1. The summed E-state index contributed by atoms with van der Waals surface area (Å²) < 4.78 is 4.13. The van der Waals surface area contributed by atoms with Crippen LogP contribution in [0, 0.1) is 6.92 Å². The van der Waals surface area contributed by atoms with Gasteiger partial charge in [-0.3, -0.25) is 0 Å². The average Bonchev–Trinajstić information content (AvgIpc) is 2.35. The van der Waals surface area contributed by atoms with E-state index in [-0.39, 0.29) is 6.10 Å². The van der Waals surface area contributed by atoms with E-state index < -0.39 is 0 Å². The first-order chi connectivity index (χ1) is 4.77. The van der Waals surface area contributed by atoms with Crippen LogP contribution in [-0.2, 0) is 13.1 Å². The quantitative estimate of drug-likeness (QED) is 0.480. The van der Waals surface area contributed by atoms with Gasteiger partial charge in [-0.2, -0.15) is 4.68 Å². The van der Waals surface area contributed by atoms with Crippen LogP contribution in [0.15, 0.2) is 12.3 Å². The van der Waals surface area contributed by atoms with Crippen molar-refractivity contribution in [2.45, 2.75) is 26.1 Å². The summed E-state index contributed by atoms with van der Waals surface area (Å²) in [4.78, 5) is 0. The van der Waals surface area contributed by atoms with Gasteiger partial charge in [0, 0.05) is 6.07 Å². The van der Waals surface area contributed by atoms with Gasteiger partial charge in [0.05, 0.1) is 5.69 Å². The molecule has 1 aliphatic heterocycles. The molecule has 54 valence electrons. The maximum atomic E-state index is 9.22. The summed E-state index contributed by atoms with van der Waals surface area (Å²) in [5, 5.41) is 9.22. The van der Waals surface area contributed by atoms with Crippen LogP contribution in [0.4, 0.5) is 0 Å². The average molecular weight is 139 g/mol. The highest BCUT2D eigenvalue weighted by Gasteiger charge is 2.26. The summed E-state index contributed by atoms with van der Waals surface area (Å²) in [5.41, 5.74) is 1.22. The van der Waals surface area contributed by atoms with Crippen LogP contribution in [0.25, 0.3) is 0 Å². The maximum absolute atomic E-state index is 9.22. The van der Waals surface area contributed by atoms with Gasteiger partial charge in [0.15, 0.2) is 12.7 Å². The first kappa shape index (κ1) is 5.92. The van der Waals surface area contributed by atoms with Crippen molar-refractivity contribution in [3.63, 3.8) is 0 Å². The monoisotopic (exact) mass is 139 g/mol. The van der Waals surface area contributed by atoms with E-state index >= 15 is 0 Å². The highest BCUT2D eigenvalue weighted by Crippen LogP contribution is 2.03. The van der Waals surface area contributed by atoms with E-state index in [1.165, 1.54) is 5.69 Å². The van der Waals surface area contributed by atoms with Gasteiger partial charge in [-0.25, -0.2) is 0 Å². The smallest absolute Gasteiger partial charge is 0.199 e. The Morgan fingerprint density at radius 1 is 1.80 bits per heavy atom. The molecule has 1 aromatic rings. The van der Waals surface area contributed by atoms with Gasteiger partial charge in [-0.1, -0.05) is 0 Å². The molecule has 1 aliphatic rings. The molecule has 0 amide bonds. The standard InChI is InChI=1S/C7H11N2O/c1-6-2-3-8-4-7(10)5-9(6)8/h2-3,7,10H,4-5H2,1H3/q+1/t7-/m0/s1. The van der Waals surface area contributed by atoms with E-state index in [1.807, 2.05) is 10.9 Å². The molecule has 2 rings (SSSR count). The highest BCUT2D eigenvalue weighted by molar-refractivity contribution is 4.93. The fraction of sp³-hybridized carbons (Fsp3) is 0.571. The minimum Gasteiger partial charge on any atom is -0.384 e. The Morgan fingerprint density at radius 2 is 2.60 bits per heavy atom. The van der Waals surface area contributed by atoms with Gasteiger partial charge < -0.3 is 5.11 Å². The van der Waals surface area contributed by atoms with Crippen molar-refractivity contribution in [1.82, 2.24) is 4.68 Å². The molecule has 0 radical (unpaired) electrons. The number of hydrogen-bond acceptors (Lipinski definition) is 1. The summed E-state index contributed by atoms with van der Waals surface area (Å²) >= 11 is 0. The second-order valence-electron chi connectivity index (χ2n) is 2.82. The Morgan fingerprint density at radius 3 is 3.30 bits per heavy atom. The van der Waals surface area contributed by atoms with E-state index in [2.05, 4.69) is 17.7 Å². The summed E-state index contributed by atoms with van der Waals surface area (Å²) in [6, 6.07) is 2.06. The number of hydrogen-bond donors (Lipinski definition) is 1. The number of aliphatic hydroxyl groups is 1.